The highest BCUT2D eigenvalue weighted by molar-refractivity contribution is 8.00. The lowest BCUT2D eigenvalue weighted by molar-refractivity contribution is -0.119. The van der Waals surface area contributed by atoms with Gasteiger partial charge in [0.1, 0.15) is 23.0 Å². The van der Waals surface area contributed by atoms with Gasteiger partial charge in [0.15, 0.2) is 0 Å². The molecule has 0 unspecified atom stereocenters. The van der Waals surface area contributed by atoms with E-state index >= 15 is 0 Å². The van der Waals surface area contributed by atoms with Crippen molar-refractivity contribution in [2.75, 3.05) is 13.2 Å². The van der Waals surface area contributed by atoms with E-state index in [4.69, 9.17) is 4.74 Å². The van der Waals surface area contributed by atoms with Crippen LogP contribution in [0.15, 0.2) is 59.1 Å². The third-order valence-corrected chi connectivity index (χ3v) is 6.31. The Morgan fingerprint density at radius 3 is 2.35 bits per heavy atom. The first kappa shape index (κ1) is 22.6. The molecule has 31 heavy (non-hydrogen) atoms. The molecule has 0 aromatic heterocycles. The highest BCUT2D eigenvalue weighted by Crippen LogP contribution is 2.31. The molecule has 0 radical (unpaired) electrons. The minimum atomic E-state index is -3.72. The number of nitrogens with one attached hydrogen (secondary N) is 2. The van der Waals surface area contributed by atoms with Gasteiger partial charge in [0.2, 0.25) is 5.91 Å². The number of rotatable bonds is 8. The van der Waals surface area contributed by atoms with Crippen molar-refractivity contribution in [3.63, 3.8) is 0 Å². The Balaban J connectivity index is 1.69. The fourth-order valence-electron chi connectivity index (χ4n) is 3.28. The van der Waals surface area contributed by atoms with Gasteiger partial charge in [0, 0.05) is 12.1 Å². The van der Waals surface area contributed by atoms with Crippen LogP contribution >= 0.6 is 0 Å². The van der Waals surface area contributed by atoms with E-state index in [1.165, 1.54) is 0 Å². The zero-order chi connectivity index (χ0) is 22.4. The van der Waals surface area contributed by atoms with Gasteiger partial charge in [0.05, 0.1) is 6.61 Å². The smallest absolute Gasteiger partial charge is 0.264 e. The van der Waals surface area contributed by atoms with Crippen molar-refractivity contribution in [1.82, 2.24) is 10.0 Å². The van der Waals surface area contributed by atoms with E-state index in [2.05, 4.69) is 15.0 Å². The third-order valence-electron chi connectivity index (χ3n) is 4.83. The van der Waals surface area contributed by atoms with Crippen molar-refractivity contribution < 1.29 is 17.9 Å². The maximum atomic E-state index is 12.7. The molecule has 1 amide bonds. The summed E-state index contributed by atoms with van der Waals surface area (Å²) in [6.07, 6.45) is 0.474. The minimum absolute atomic E-state index is 0.167. The number of nitrogens with zero attached hydrogens (tertiary/aromatic N) is 1. The number of aryl methyl sites for hydroxylation is 1. The molecular weight excluding hydrogens is 414 g/mol. The second-order valence-electron chi connectivity index (χ2n) is 7.15. The van der Waals surface area contributed by atoms with Crippen LogP contribution in [0.5, 0.6) is 5.75 Å². The molecule has 2 N–H and O–H groups in total. The summed E-state index contributed by atoms with van der Waals surface area (Å²) < 4.78 is 33.3. The molecule has 0 bridgehead atoms. The number of hydrogen-bond donors (Lipinski definition) is 2. The average Bonchev–Trinajstić information content (AvgIpc) is 3.02. The Hall–Kier alpha value is -3.13. The van der Waals surface area contributed by atoms with E-state index in [9.17, 15) is 13.2 Å². The van der Waals surface area contributed by atoms with Crippen molar-refractivity contribution in [2.24, 2.45) is 4.99 Å². The molecule has 1 aliphatic heterocycles. The summed E-state index contributed by atoms with van der Waals surface area (Å²) in [5.74, 6) is 0.717. The number of carbonyl (C=O) groups excluding carboxylic acids is 1. The van der Waals surface area contributed by atoms with Crippen molar-refractivity contribution in [3.8, 4) is 5.75 Å². The first-order valence-electron chi connectivity index (χ1n) is 10.2. The van der Waals surface area contributed by atoms with Crippen LogP contribution in [-0.4, -0.2) is 33.3 Å². The lowest BCUT2D eigenvalue weighted by atomic mass is 10.1. The highest BCUT2D eigenvalue weighted by Gasteiger charge is 2.34. The molecule has 0 aliphatic carbocycles. The van der Waals surface area contributed by atoms with Gasteiger partial charge in [-0.05, 0) is 43.5 Å². The maximum absolute atomic E-state index is 12.7. The van der Waals surface area contributed by atoms with E-state index in [0.717, 1.165) is 16.9 Å². The Morgan fingerprint density at radius 1 is 1.06 bits per heavy atom. The molecule has 0 saturated carbocycles. The number of hydrogen-bond acceptors (Lipinski definition) is 5. The van der Waals surface area contributed by atoms with E-state index in [1.807, 2.05) is 57.2 Å². The van der Waals surface area contributed by atoms with Crippen molar-refractivity contribution in [3.05, 3.63) is 70.8 Å². The van der Waals surface area contributed by atoms with Crippen LogP contribution < -0.4 is 14.8 Å². The lowest BCUT2D eigenvalue weighted by Gasteiger charge is -2.07. The van der Waals surface area contributed by atoms with Crippen LogP contribution in [0.4, 0.5) is 0 Å². The molecule has 7 nitrogen and oxygen atoms in total. The summed E-state index contributed by atoms with van der Waals surface area (Å²) in [5.41, 5.74) is 3.17. The van der Waals surface area contributed by atoms with Gasteiger partial charge in [-0.1, -0.05) is 48.9 Å². The summed E-state index contributed by atoms with van der Waals surface area (Å²) in [5, 5.41) is 2.80. The van der Waals surface area contributed by atoms with Gasteiger partial charge >= 0.3 is 0 Å². The van der Waals surface area contributed by atoms with Crippen LogP contribution in [-0.2, 0) is 21.4 Å². The number of amides is 1. The second kappa shape index (κ2) is 9.78. The predicted molar refractivity (Wildman–Crippen MR) is 122 cm³/mol. The monoisotopic (exact) mass is 441 g/mol. The normalized spacial score (nSPS) is 16.3. The van der Waals surface area contributed by atoms with Crippen LogP contribution in [0.1, 0.15) is 37.0 Å². The van der Waals surface area contributed by atoms with Gasteiger partial charge in [0.25, 0.3) is 10.0 Å². The molecule has 8 heteroatoms. The summed E-state index contributed by atoms with van der Waals surface area (Å²) in [6.45, 7) is 6.52. The fraction of sp³-hybridized carbons (Fsp3) is 0.304. The predicted octanol–water partition coefficient (Wildman–Crippen LogP) is 3.16. The largest absolute Gasteiger partial charge is 0.494 e. The van der Waals surface area contributed by atoms with Crippen molar-refractivity contribution >= 4 is 26.7 Å². The Morgan fingerprint density at radius 2 is 1.74 bits per heavy atom. The molecular formula is C23H27N3O4S. The number of ether oxygens (including phenoxy) is 1. The van der Waals surface area contributed by atoms with Crippen LogP contribution in [0.3, 0.4) is 0 Å². The standard InChI is InChI=1S/C23H27N3O4S/c1-4-20-22(18-10-6-16(3)7-11-18)31(28,29)26-23(20)25-15-21(27)24-14-17-8-12-19(13-9-17)30-5-2/h6-13H,4-5,14-15H2,1-3H3,(H,24,27)(H,25,26). The van der Waals surface area contributed by atoms with E-state index in [0.29, 0.717) is 30.7 Å². The first-order chi connectivity index (χ1) is 14.8. The van der Waals surface area contributed by atoms with E-state index < -0.39 is 10.0 Å². The first-order valence-corrected chi connectivity index (χ1v) is 11.7. The van der Waals surface area contributed by atoms with Crippen molar-refractivity contribution in [1.29, 1.82) is 0 Å². The molecule has 0 spiro atoms. The zero-order valence-electron chi connectivity index (χ0n) is 17.9. The van der Waals surface area contributed by atoms with E-state index in [-0.39, 0.29) is 23.2 Å². The van der Waals surface area contributed by atoms with Gasteiger partial charge in [-0.15, -0.1) is 0 Å². The SMILES string of the molecule is CCOc1ccc(CNC(=O)CN=C2NS(=O)(=O)C(c3ccc(C)cc3)=C2CC)cc1. The van der Waals surface area contributed by atoms with Gasteiger partial charge in [-0.25, -0.2) is 8.42 Å². The number of sulfonamides is 1. The maximum Gasteiger partial charge on any atom is 0.264 e. The van der Waals surface area contributed by atoms with E-state index in [1.54, 1.807) is 12.1 Å². The fourth-order valence-corrected chi connectivity index (χ4v) is 4.83. The minimum Gasteiger partial charge on any atom is -0.494 e. The quantitative estimate of drug-likeness (QED) is 0.658. The van der Waals surface area contributed by atoms with Crippen LogP contribution in [0.2, 0.25) is 0 Å². The summed E-state index contributed by atoms with van der Waals surface area (Å²) in [4.78, 5) is 16.7. The molecule has 164 valence electrons. The molecule has 0 saturated heterocycles. The second-order valence-corrected chi connectivity index (χ2v) is 8.77. The number of benzene rings is 2. The Bertz CT molecular complexity index is 1100. The number of carbonyl (C=O) groups is 1. The molecule has 2 aromatic carbocycles. The molecule has 3 rings (SSSR count). The molecule has 1 aliphatic rings. The molecule has 0 atom stereocenters. The lowest BCUT2D eigenvalue weighted by Crippen LogP contribution is -2.28. The van der Waals surface area contributed by atoms with Crippen LogP contribution in [0.25, 0.3) is 4.91 Å². The summed E-state index contributed by atoms with van der Waals surface area (Å²) in [6, 6.07) is 14.8. The van der Waals surface area contributed by atoms with Gasteiger partial charge in [-0.2, -0.15) is 0 Å². The topological polar surface area (TPSA) is 96.9 Å². The van der Waals surface area contributed by atoms with Crippen LogP contribution in [0, 0.1) is 6.92 Å². The van der Waals surface area contributed by atoms with Crippen molar-refractivity contribution in [2.45, 2.75) is 33.7 Å². The Kier molecular flexibility index (Phi) is 7.12. The number of aliphatic imine (C=N–C) groups is 1. The highest BCUT2D eigenvalue weighted by atomic mass is 32.2. The van der Waals surface area contributed by atoms with Gasteiger partial charge in [-0.3, -0.25) is 14.5 Å². The van der Waals surface area contributed by atoms with Gasteiger partial charge < -0.3 is 10.1 Å². The third kappa shape index (κ3) is 5.52. The molecule has 0 fully saturated rings. The molecule has 2 aromatic rings. The summed E-state index contributed by atoms with van der Waals surface area (Å²) in [7, 11) is -3.72. The molecule has 1 heterocycles. The zero-order valence-corrected chi connectivity index (χ0v) is 18.8. The number of amidine groups is 1. The summed E-state index contributed by atoms with van der Waals surface area (Å²) >= 11 is 0. The Labute approximate surface area is 183 Å². The average molecular weight is 442 g/mol.